The molecule has 1 aliphatic rings. The fourth-order valence-corrected chi connectivity index (χ4v) is 2.41. The van der Waals surface area contributed by atoms with Gasteiger partial charge in [0.15, 0.2) is 6.10 Å². The predicted octanol–water partition coefficient (Wildman–Crippen LogP) is 4.31. The maximum atomic E-state index is 12.6. The van der Waals surface area contributed by atoms with Gasteiger partial charge in [0.1, 0.15) is 5.75 Å². The second-order valence-corrected chi connectivity index (χ2v) is 5.06. The van der Waals surface area contributed by atoms with Crippen LogP contribution in [0.1, 0.15) is 22.8 Å². The van der Waals surface area contributed by atoms with Gasteiger partial charge < -0.3 is 9.84 Å². The second kappa shape index (κ2) is 5.46. The lowest BCUT2D eigenvalue weighted by Gasteiger charge is -2.25. The first kappa shape index (κ1) is 15.1. The minimum atomic E-state index is -4.44. The van der Waals surface area contributed by atoms with E-state index in [1.165, 1.54) is 18.2 Å². The number of aliphatic carboxylic acids is 1. The van der Waals surface area contributed by atoms with Crippen LogP contribution in [0.2, 0.25) is 0 Å². The first-order valence-electron chi connectivity index (χ1n) is 6.74. The molecule has 0 bridgehead atoms. The van der Waals surface area contributed by atoms with Gasteiger partial charge in [-0.15, -0.1) is 0 Å². The number of carbonyl (C=O) groups is 1. The van der Waals surface area contributed by atoms with Crippen LogP contribution in [0.4, 0.5) is 13.2 Å². The Labute approximate surface area is 129 Å². The molecule has 2 aromatic rings. The Bertz CT molecular complexity index is 776. The van der Waals surface area contributed by atoms with E-state index >= 15 is 0 Å². The van der Waals surface area contributed by atoms with Crippen molar-refractivity contribution in [3.05, 3.63) is 70.8 Å². The molecule has 3 rings (SSSR count). The van der Waals surface area contributed by atoms with E-state index in [-0.39, 0.29) is 5.57 Å². The SMILES string of the molecule is O=C(O)C1=Cc2ccccc2OC1c1ccc(C(F)(F)F)cc1. The quantitative estimate of drug-likeness (QED) is 0.897. The van der Waals surface area contributed by atoms with Gasteiger partial charge >= 0.3 is 12.1 Å². The molecule has 0 radical (unpaired) electrons. The monoisotopic (exact) mass is 320 g/mol. The normalized spacial score (nSPS) is 17.0. The molecule has 0 amide bonds. The molecule has 0 spiro atoms. The molecule has 1 heterocycles. The van der Waals surface area contributed by atoms with Crippen LogP contribution in [0.5, 0.6) is 5.75 Å². The molecule has 0 saturated heterocycles. The molecule has 23 heavy (non-hydrogen) atoms. The molecule has 3 nitrogen and oxygen atoms in total. The van der Waals surface area contributed by atoms with Crippen molar-refractivity contribution in [3.63, 3.8) is 0 Å². The van der Waals surface area contributed by atoms with Crippen LogP contribution in [-0.2, 0) is 11.0 Å². The van der Waals surface area contributed by atoms with Crippen LogP contribution in [-0.4, -0.2) is 11.1 Å². The van der Waals surface area contributed by atoms with Crippen LogP contribution < -0.4 is 4.74 Å². The summed E-state index contributed by atoms with van der Waals surface area (Å²) in [4.78, 5) is 11.4. The van der Waals surface area contributed by atoms with Gasteiger partial charge in [-0.2, -0.15) is 13.2 Å². The molecule has 0 fully saturated rings. The van der Waals surface area contributed by atoms with Crippen molar-refractivity contribution in [1.29, 1.82) is 0 Å². The maximum absolute atomic E-state index is 12.6. The molecule has 0 saturated carbocycles. The maximum Gasteiger partial charge on any atom is 0.416 e. The molecule has 1 atom stereocenters. The van der Waals surface area contributed by atoms with Gasteiger partial charge in [0, 0.05) is 5.56 Å². The lowest BCUT2D eigenvalue weighted by Crippen LogP contribution is -2.20. The summed E-state index contributed by atoms with van der Waals surface area (Å²) in [6, 6.07) is 11.2. The van der Waals surface area contributed by atoms with Crippen LogP contribution in [0, 0.1) is 0 Å². The largest absolute Gasteiger partial charge is 0.480 e. The van der Waals surface area contributed by atoms with Gasteiger partial charge in [-0.25, -0.2) is 4.79 Å². The zero-order chi connectivity index (χ0) is 16.6. The third kappa shape index (κ3) is 2.92. The van der Waals surface area contributed by atoms with Crippen molar-refractivity contribution >= 4 is 12.0 Å². The molecule has 118 valence electrons. The number of benzene rings is 2. The zero-order valence-electron chi connectivity index (χ0n) is 11.7. The Kier molecular flexibility index (Phi) is 3.60. The van der Waals surface area contributed by atoms with Crippen molar-refractivity contribution in [1.82, 2.24) is 0 Å². The summed E-state index contributed by atoms with van der Waals surface area (Å²) in [7, 11) is 0. The van der Waals surface area contributed by atoms with Gasteiger partial charge in [0.05, 0.1) is 11.1 Å². The summed E-state index contributed by atoms with van der Waals surface area (Å²) in [5.74, 6) is -0.688. The van der Waals surface area contributed by atoms with Crippen LogP contribution in [0.3, 0.4) is 0 Å². The standard InChI is InChI=1S/C17H11F3O3/c18-17(19,20)12-7-5-10(6-8-12)15-13(16(21)22)9-11-3-1-2-4-14(11)23-15/h1-9,15H,(H,21,22). The van der Waals surface area contributed by atoms with E-state index < -0.39 is 23.8 Å². The van der Waals surface area contributed by atoms with E-state index in [1.54, 1.807) is 24.3 Å². The first-order valence-corrected chi connectivity index (χ1v) is 6.74. The van der Waals surface area contributed by atoms with Gasteiger partial charge in [0.2, 0.25) is 0 Å². The first-order chi connectivity index (χ1) is 10.9. The molecular weight excluding hydrogens is 309 g/mol. The van der Waals surface area contributed by atoms with Gasteiger partial charge in [-0.1, -0.05) is 30.3 Å². The highest BCUT2D eigenvalue weighted by Gasteiger charge is 2.32. The molecule has 6 heteroatoms. The highest BCUT2D eigenvalue weighted by atomic mass is 19.4. The Morgan fingerprint density at radius 1 is 1.04 bits per heavy atom. The molecule has 0 aromatic heterocycles. The number of carboxylic acid groups (broad SMARTS) is 1. The van der Waals surface area contributed by atoms with Crippen molar-refractivity contribution in [2.45, 2.75) is 12.3 Å². The van der Waals surface area contributed by atoms with Crippen LogP contribution in [0.25, 0.3) is 6.08 Å². The fourth-order valence-electron chi connectivity index (χ4n) is 2.41. The fraction of sp³-hybridized carbons (Fsp3) is 0.118. The van der Waals surface area contributed by atoms with Gasteiger partial charge in [-0.3, -0.25) is 0 Å². The number of rotatable bonds is 2. The highest BCUT2D eigenvalue weighted by Crippen LogP contribution is 2.38. The molecule has 1 unspecified atom stereocenters. The second-order valence-electron chi connectivity index (χ2n) is 5.06. The molecule has 0 aliphatic carbocycles. The van der Waals surface area contributed by atoms with E-state index in [9.17, 15) is 23.1 Å². The van der Waals surface area contributed by atoms with Crippen LogP contribution in [0.15, 0.2) is 54.1 Å². The smallest absolute Gasteiger partial charge is 0.416 e. The van der Waals surface area contributed by atoms with Crippen molar-refractivity contribution in [2.24, 2.45) is 0 Å². The van der Waals surface area contributed by atoms with E-state index in [0.29, 0.717) is 16.9 Å². The van der Waals surface area contributed by atoms with Gasteiger partial charge in [0.25, 0.3) is 0 Å². The Morgan fingerprint density at radius 3 is 2.30 bits per heavy atom. The molecule has 1 N–H and O–H groups in total. The lowest BCUT2D eigenvalue weighted by molar-refractivity contribution is -0.137. The Hall–Kier alpha value is -2.76. The number of hydrogen-bond donors (Lipinski definition) is 1. The van der Waals surface area contributed by atoms with Gasteiger partial charge in [-0.05, 0) is 29.8 Å². The number of halogens is 3. The summed E-state index contributed by atoms with van der Waals surface area (Å²) >= 11 is 0. The van der Waals surface area contributed by atoms with E-state index in [0.717, 1.165) is 12.1 Å². The zero-order valence-corrected chi connectivity index (χ0v) is 11.7. The number of hydrogen-bond acceptors (Lipinski definition) is 2. The van der Waals surface area contributed by atoms with Crippen LogP contribution >= 0.6 is 0 Å². The van der Waals surface area contributed by atoms with Crippen molar-refractivity contribution < 1.29 is 27.8 Å². The third-order valence-corrected chi connectivity index (χ3v) is 3.55. The van der Waals surface area contributed by atoms with E-state index in [2.05, 4.69) is 0 Å². The number of alkyl halides is 3. The minimum Gasteiger partial charge on any atom is -0.480 e. The Balaban J connectivity index is 2.01. The number of para-hydroxylation sites is 1. The summed E-state index contributed by atoms with van der Waals surface area (Å²) in [5.41, 5.74) is 0.149. The topological polar surface area (TPSA) is 46.5 Å². The summed E-state index contributed by atoms with van der Waals surface area (Å²) < 4.78 is 43.6. The van der Waals surface area contributed by atoms with Crippen molar-refractivity contribution in [3.8, 4) is 5.75 Å². The summed E-state index contributed by atoms with van der Waals surface area (Å²) in [5, 5.41) is 9.35. The van der Waals surface area contributed by atoms with E-state index in [1.807, 2.05) is 0 Å². The molecular formula is C17H11F3O3. The Morgan fingerprint density at radius 2 is 1.70 bits per heavy atom. The third-order valence-electron chi connectivity index (χ3n) is 3.55. The average Bonchev–Trinajstić information content (AvgIpc) is 2.53. The summed E-state index contributed by atoms with van der Waals surface area (Å²) in [6.45, 7) is 0. The number of ether oxygens (including phenoxy) is 1. The summed E-state index contributed by atoms with van der Waals surface area (Å²) in [6.07, 6.45) is -3.92. The highest BCUT2D eigenvalue weighted by molar-refractivity contribution is 5.95. The average molecular weight is 320 g/mol. The molecule has 1 aliphatic heterocycles. The predicted molar refractivity (Wildman–Crippen MR) is 76.9 cm³/mol. The molecule has 2 aromatic carbocycles. The number of carboxylic acids is 1. The lowest BCUT2D eigenvalue weighted by atomic mass is 9.95. The van der Waals surface area contributed by atoms with Crippen molar-refractivity contribution in [2.75, 3.05) is 0 Å². The minimum absolute atomic E-state index is 0.0246. The van der Waals surface area contributed by atoms with E-state index in [4.69, 9.17) is 4.74 Å². The number of fused-ring (bicyclic) bond motifs is 1.